The van der Waals surface area contributed by atoms with Gasteiger partial charge in [0.15, 0.2) is 5.13 Å². The van der Waals surface area contributed by atoms with Crippen LogP contribution in [0.3, 0.4) is 0 Å². The third-order valence-electron chi connectivity index (χ3n) is 2.31. The number of anilines is 1. The highest BCUT2D eigenvalue weighted by Crippen LogP contribution is 2.09. The summed E-state index contributed by atoms with van der Waals surface area (Å²) in [6.45, 7) is 4.25. The molecule has 1 aromatic rings. The summed E-state index contributed by atoms with van der Waals surface area (Å²) in [5.74, 6) is -0.0566. The van der Waals surface area contributed by atoms with E-state index in [1.54, 1.807) is 11.6 Å². The second-order valence-corrected chi connectivity index (χ2v) is 4.74. The maximum atomic E-state index is 11.4. The van der Waals surface area contributed by atoms with E-state index < -0.39 is 0 Å². The van der Waals surface area contributed by atoms with Crippen molar-refractivity contribution in [1.29, 1.82) is 0 Å². The molecule has 0 bridgehead atoms. The van der Waals surface area contributed by atoms with Crippen molar-refractivity contribution in [1.82, 2.24) is 15.6 Å². The standard InChI is InChI=1S/C11H18N4O2S/c1-3-8(2)14-9(16)4-5-12-10(17)15-11-13-6-7-18-11/h6-8H,3-5H2,1-2H3,(H,14,16)(H2,12,13,15,17)/t8-/m0/s1. The fourth-order valence-corrected chi connectivity index (χ4v) is 1.69. The van der Waals surface area contributed by atoms with E-state index in [2.05, 4.69) is 20.9 Å². The molecule has 100 valence electrons. The first kappa shape index (κ1) is 14.4. The van der Waals surface area contributed by atoms with Crippen LogP contribution in [0.2, 0.25) is 0 Å². The zero-order chi connectivity index (χ0) is 13.4. The number of carbonyl (C=O) groups is 2. The Bertz CT molecular complexity index is 380. The molecule has 18 heavy (non-hydrogen) atoms. The highest BCUT2D eigenvalue weighted by Gasteiger charge is 2.07. The van der Waals surface area contributed by atoms with Gasteiger partial charge in [-0.2, -0.15) is 0 Å². The van der Waals surface area contributed by atoms with Gasteiger partial charge in [-0.1, -0.05) is 6.92 Å². The first-order valence-electron chi connectivity index (χ1n) is 5.85. The van der Waals surface area contributed by atoms with Crippen LogP contribution >= 0.6 is 11.3 Å². The van der Waals surface area contributed by atoms with Crippen LogP contribution in [0.4, 0.5) is 9.93 Å². The zero-order valence-corrected chi connectivity index (χ0v) is 11.3. The maximum Gasteiger partial charge on any atom is 0.321 e. The molecule has 0 aromatic carbocycles. The largest absolute Gasteiger partial charge is 0.354 e. The van der Waals surface area contributed by atoms with Crippen LogP contribution in [-0.4, -0.2) is 29.5 Å². The van der Waals surface area contributed by atoms with Crippen LogP contribution in [0.25, 0.3) is 0 Å². The van der Waals surface area contributed by atoms with Crippen molar-refractivity contribution in [2.24, 2.45) is 0 Å². The van der Waals surface area contributed by atoms with E-state index in [0.29, 0.717) is 11.7 Å². The molecule has 0 fully saturated rings. The van der Waals surface area contributed by atoms with E-state index in [1.165, 1.54) is 11.3 Å². The average molecular weight is 270 g/mol. The van der Waals surface area contributed by atoms with Crippen molar-refractivity contribution < 1.29 is 9.59 Å². The number of carbonyl (C=O) groups excluding carboxylic acids is 2. The molecule has 1 heterocycles. The number of hydrogen-bond donors (Lipinski definition) is 3. The van der Waals surface area contributed by atoms with E-state index in [9.17, 15) is 9.59 Å². The van der Waals surface area contributed by atoms with Gasteiger partial charge in [0.05, 0.1) is 0 Å². The monoisotopic (exact) mass is 270 g/mol. The van der Waals surface area contributed by atoms with Gasteiger partial charge < -0.3 is 10.6 Å². The van der Waals surface area contributed by atoms with Gasteiger partial charge in [-0.05, 0) is 13.3 Å². The summed E-state index contributed by atoms with van der Waals surface area (Å²) >= 11 is 1.34. The molecule has 0 spiro atoms. The van der Waals surface area contributed by atoms with Crippen molar-refractivity contribution in [2.45, 2.75) is 32.7 Å². The van der Waals surface area contributed by atoms with Gasteiger partial charge in [0.25, 0.3) is 0 Å². The molecular formula is C11H18N4O2S. The van der Waals surface area contributed by atoms with E-state index >= 15 is 0 Å². The Morgan fingerprint density at radius 2 is 2.28 bits per heavy atom. The Kier molecular flexibility index (Phi) is 6.13. The molecule has 3 amide bonds. The second-order valence-electron chi connectivity index (χ2n) is 3.84. The molecule has 1 aromatic heterocycles. The predicted molar refractivity (Wildman–Crippen MR) is 71.6 cm³/mol. The lowest BCUT2D eigenvalue weighted by Crippen LogP contribution is -2.36. The highest BCUT2D eigenvalue weighted by molar-refractivity contribution is 7.13. The predicted octanol–water partition coefficient (Wildman–Crippen LogP) is 1.57. The summed E-state index contributed by atoms with van der Waals surface area (Å²) in [5.41, 5.74) is 0. The SMILES string of the molecule is CC[C@H](C)NC(=O)CCNC(=O)Nc1nccs1. The lowest BCUT2D eigenvalue weighted by Gasteiger charge is -2.11. The van der Waals surface area contributed by atoms with Crippen molar-refractivity contribution in [3.8, 4) is 0 Å². The molecule has 6 nitrogen and oxygen atoms in total. The summed E-state index contributed by atoms with van der Waals surface area (Å²) in [6.07, 6.45) is 2.78. The van der Waals surface area contributed by atoms with Gasteiger partial charge in [-0.25, -0.2) is 9.78 Å². The molecule has 1 rings (SSSR count). The van der Waals surface area contributed by atoms with Gasteiger partial charge in [0.1, 0.15) is 0 Å². The molecule has 3 N–H and O–H groups in total. The minimum atomic E-state index is -0.346. The molecule has 0 radical (unpaired) electrons. The molecule has 7 heteroatoms. The first-order valence-corrected chi connectivity index (χ1v) is 6.73. The molecule has 0 saturated heterocycles. The highest BCUT2D eigenvalue weighted by atomic mass is 32.1. The quantitative estimate of drug-likeness (QED) is 0.733. The minimum absolute atomic E-state index is 0.0566. The summed E-state index contributed by atoms with van der Waals surface area (Å²) in [5, 5.41) is 10.3. The van der Waals surface area contributed by atoms with Crippen LogP contribution < -0.4 is 16.0 Å². The van der Waals surface area contributed by atoms with Crippen molar-refractivity contribution in [3.63, 3.8) is 0 Å². The van der Waals surface area contributed by atoms with Crippen LogP contribution in [-0.2, 0) is 4.79 Å². The van der Waals surface area contributed by atoms with Crippen molar-refractivity contribution in [3.05, 3.63) is 11.6 Å². The number of aromatic nitrogens is 1. The lowest BCUT2D eigenvalue weighted by molar-refractivity contribution is -0.121. The summed E-state index contributed by atoms with van der Waals surface area (Å²) in [4.78, 5) is 26.7. The average Bonchev–Trinajstić information content (AvgIpc) is 2.81. The fraction of sp³-hybridized carbons (Fsp3) is 0.545. The molecule has 0 aliphatic rings. The topological polar surface area (TPSA) is 83.1 Å². The maximum absolute atomic E-state index is 11.4. The van der Waals surface area contributed by atoms with Gasteiger partial charge in [0, 0.05) is 30.6 Å². The Morgan fingerprint density at radius 3 is 2.89 bits per heavy atom. The minimum Gasteiger partial charge on any atom is -0.354 e. The number of amides is 3. The van der Waals surface area contributed by atoms with E-state index in [-0.39, 0.29) is 24.4 Å². The second kappa shape index (κ2) is 7.65. The van der Waals surface area contributed by atoms with E-state index in [1.807, 2.05) is 13.8 Å². The number of hydrogen-bond acceptors (Lipinski definition) is 4. The molecule has 0 aliphatic carbocycles. The third-order valence-corrected chi connectivity index (χ3v) is 3.00. The van der Waals surface area contributed by atoms with Crippen molar-refractivity contribution in [2.75, 3.05) is 11.9 Å². The number of nitrogens with zero attached hydrogens (tertiary/aromatic N) is 1. The van der Waals surface area contributed by atoms with Crippen LogP contribution in [0.1, 0.15) is 26.7 Å². The Balaban J connectivity index is 2.13. The van der Waals surface area contributed by atoms with Gasteiger partial charge >= 0.3 is 6.03 Å². The Labute approximate surface area is 110 Å². The summed E-state index contributed by atoms with van der Waals surface area (Å²) in [7, 11) is 0. The Hall–Kier alpha value is -1.63. The number of thiazole rings is 1. The van der Waals surface area contributed by atoms with E-state index in [0.717, 1.165) is 6.42 Å². The first-order chi connectivity index (χ1) is 8.61. The molecule has 0 saturated carbocycles. The smallest absolute Gasteiger partial charge is 0.321 e. The third kappa shape index (κ3) is 5.62. The van der Waals surface area contributed by atoms with Gasteiger partial charge in [-0.15, -0.1) is 11.3 Å². The van der Waals surface area contributed by atoms with Crippen molar-refractivity contribution >= 4 is 28.4 Å². The van der Waals surface area contributed by atoms with Crippen LogP contribution in [0.15, 0.2) is 11.6 Å². The molecular weight excluding hydrogens is 252 g/mol. The van der Waals surface area contributed by atoms with Crippen LogP contribution in [0, 0.1) is 0 Å². The molecule has 0 aliphatic heterocycles. The van der Waals surface area contributed by atoms with Crippen LogP contribution in [0.5, 0.6) is 0 Å². The molecule has 1 atom stereocenters. The Morgan fingerprint density at radius 1 is 1.50 bits per heavy atom. The van der Waals surface area contributed by atoms with E-state index in [4.69, 9.17) is 0 Å². The summed E-state index contributed by atoms with van der Waals surface area (Å²) < 4.78 is 0. The van der Waals surface area contributed by atoms with Gasteiger partial charge in [0.2, 0.25) is 5.91 Å². The summed E-state index contributed by atoms with van der Waals surface area (Å²) in [6, 6.07) is -0.178. The number of rotatable bonds is 6. The zero-order valence-electron chi connectivity index (χ0n) is 10.5. The normalized spacial score (nSPS) is 11.7. The van der Waals surface area contributed by atoms with Gasteiger partial charge in [-0.3, -0.25) is 10.1 Å². The fourth-order valence-electron chi connectivity index (χ4n) is 1.17. The lowest BCUT2D eigenvalue weighted by atomic mass is 10.2. The molecule has 0 unspecified atom stereocenters. The number of urea groups is 1. The number of nitrogens with one attached hydrogen (secondary N) is 3.